The first-order valence-corrected chi connectivity index (χ1v) is 9.85. The van der Waals surface area contributed by atoms with E-state index in [0.29, 0.717) is 6.54 Å². The third kappa shape index (κ3) is 5.65. The second kappa shape index (κ2) is 10.7. The molecule has 0 fully saturated rings. The van der Waals surface area contributed by atoms with E-state index in [1.54, 1.807) is 25.5 Å². The lowest BCUT2D eigenvalue weighted by Gasteiger charge is -2.21. The fourth-order valence-electron chi connectivity index (χ4n) is 2.92. The molecule has 0 aliphatic rings. The van der Waals surface area contributed by atoms with E-state index in [9.17, 15) is 0 Å². The highest BCUT2D eigenvalue weighted by Gasteiger charge is 2.12. The molecule has 1 unspecified atom stereocenters. The summed E-state index contributed by atoms with van der Waals surface area (Å²) in [5.74, 6) is 0.845. The largest absolute Gasteiger partial charge is 0.375 e. The number of guanidine groups is 1. The van der Waals surface area contributed by atoms with E-state index in [1.165, 1.54) is 16.3 Å². The second-order valence-electron chi connectivity index (χ2n) is 6.49. The molecule has 1 heterocycles. The highest BCUT2D eigenvalue weighted by Crippen LogP contribution is 2.21. The molecule has 0 aliphatic heterocycles. The average molecular weight is 510 g/mol. The number of hydrogen-bond donors (Lipinski definition) is 1. The van der Waals surface area contributed by atoms with E-state index in [2.05, 4.69) is 68.0 Å². The summed E-state index contributed by atoms with van der Waals surface area (Å²) >= 11 is 1.63. The maximum absolute atomic E-state index is 5.34. The maximum atomic E-state index is 5.34. The number of hydrogen-bond acceptors (Lipinski definition) is 4. The minimum Gasteiger partial charge on any atom is -0.375 e. The van der Waals surface area contributed by atoms with Crippen molar-refractivity contribution in [2.24, 2.45) is 4.99 Å². The van der Waals surface area contributed by atoms with Gasteiger partial charge in [0.2, 0.25) is 0 Å². The SMILES string of the molecule is CN=C(NCc1ccc2ccccc2c1)N(C)Cc1csc(C(C)OC)n1.I. The lowest BCUT2D eigenvalue weighted by molar-refractivity contribution is 0.119. The Morgan fingerprint density at radius 2 is 2.00 bits per heavy atom. The van der Waals surface area contributed by atoms with Gasteiger partial charge in [-0.3, -0.25) is 4.99 Å². The summed E-state index contributed by atoms with van der Waals surface area (Å²) in [6.07, 6.45) is 0.0272. The van der Waals surface area contributed by atoms with E-state index in [-0.39, 0.29) is 30.1 Å². The van der Waals surface area contributed by atoms with Gasteiger partial charge in [0.1, 0.15) is 11.1 Å². The summed E-state index contributed by atoms with van der Waals surface area (Å²) in [5, 5.41) is 9.03. The quantitative estimate of drug-likeness (QED) is 0.293. The molecule has 3 rings (SSSR count). The van der Waals surface area contributed by atoms with Crippen molar-refractivity contribution in [3.63, 3.8) is 0 Å². The fourth-order valence-corrected chi connectivity index (χ4v) is 3.76. The Kier molecular flexibility index (Phi) is 8.65. The van der Waals surface area contributed by atoms with Crippen molar-refractivity contribution in [3.05, 3.63) is 64.1 Å². The Morgan fingerprint density at radius 3 is 2.71 bits per heavy atom. The Balaban J connectivity index is 0.00000280. The second-order valence-corrected chi connectivity index (χ2v) is 7.38. The van der Waals surface area contributed by atoms with Crippen LogP contribution < -0.4 is 5.32 Å². The maximum Gasteiger partial charge on any atom is 0.194 e. The molecule has 3 aromatic rings. The molecule has 0 bridgehead atoms. The predicted octanol–water partition coefficient (Wildman–Crippen LogP) is 4.83. The summed E-state index contributed by atoms with van der Waals surface area (Å²) in [6, 6.07) is 14.9. The van der Waals surface area contributed by atoms with E-state index in [1.807, 2.05) is 14.0 Å². The van der Waals surface area contributed by atoms with Crippen LogP contribution in [0.2, 0.25) is 0 Å². The number of methoxy groups -OCH3 is 1. The zero-order chi connectivity index (χ0) is 19.2. The van der Waals surface area contributed by atoms with Crippen molar-refractivity contribution >= 4 is 52.0 Å². The Morgan fingerprint density at radius 1 is 1.25 bits per heavy atom. The highest BCUT2D eigenvalue weighted by molar-refractivity contribution is 14.0. The van der Waals surface area contributed by atoms with Crippen LogP contribution in [-0.2, 0) is 17.8 Å². The third-order valence-corrected chi connectivity index (χ3v) is 5.56. The van der Waals surface area contributed by atoms with Gasteiger partial charge >= 0.3 is 0 Å². The topological polar surface area (TPSA) is 49.8 Å². The summed E-state index contributed by atoms with van der Waals surface area (Å²) in [4.78, 5) is 11.1. The van der Waals surface area contributed by atoms with Crippen LogP contribution in [0.25, 0.3) is 10.8 Å². The molecule has 0 spiro atoms. The summed E-state index contributed by atoms with van der Waals surface area (Å²) in [6.45, 7) is 3.44. The van der Waals surface area contributed by atoms with E-state index in [4.69, 9.17) is 4.74 Å². The third-order valence-electron chi connectivity index (χ3n) is 4.51. The van der Waals surface area contributed by atoms with Crippen LogP contribution in [0.15, 0.2) is 52.8 Å². The lowest BCUT2D eigenvalue weighted by Crippen LogP contribution is -2.38. The van der Waals surface area contributed by atoms with Gasteiger partial charge in [-0.1, -0.05) is 36.4 Å². The molecule has 0 saturated heterocycles. The first-order valence-electron chi connectivity index (χ1n) is 8.97. The minimum atomic E-state index is 0. The number of fused-ring (bicyclic) bond motifs is 1. The normalized spacial score (nSPS) is 12.5. The van der Waals surface area contributed by atoms with Gasteiger partial charge in [-0.05, 0) is 29.3 Å². The molecule has 1 aromatic heterocycles. The molecule has 28 heavy (non-hydrogen) atoms. The van der Waals surface area contributed by atoms with Crippen molar-refractivity contribution in [1.29, 1.82) is 0 Å². The van der Waals surface area contributed by atoms with Gasteiger partial charge in [-0.25, -0.2) is 4.98 Å². The highest BCUT2D eigenvalue weighted by atomic mass is 127. The molecule has 0 aliphatic carbocycles. The van der Waals surface area contributed by atoms with Crippen LogP contribution in [0.4, 0.5) is 0 Å². The number of aliphatic imine (C=N–C) groups is 1. The van der Waals surface area contributed by atoms with Crippen molar-refractivity contribution in [3.8, 4) is 0 Å². The van der Waals surface area contributed by atoms with Crippen molar-refractivity contribution in [2.45, 2.75) is 26.1 Å². The van der Waals surface area contributed by atoms with Crippen LogP contribution in [-0.4, -0.2) is 37.0 Å². The zero-order valence-corrected chi connectivity index (χ0v) is 19.8. The standard InChI is InChI=1S/C21H26N4OS.HI/c1-15(26-4)20-24-19(14-27-20)13-25(3)21(22-2)23-12-16-9-10-17-7-5-6-8-18(17)11-16;/h5-11,14-15H,12-13H2,1-4H3,(H,22,23);1H. The molecule has 0 radical (unpaired) electrons. The number of nitrogens with one attached hydrogen (secondary N) is 1. The lowest BCUT2D eigenvalue weighted by atomic mass is 10.1. The zero-order valence-electron chi connectivity index (χ0n) is 16.7. The van der Waals surface area contributed by atoms with Gasteiger partial charge in [0, 0.05) is 33.1 Å². The molecule has 0 saturated carbocycles. The average Bonchev–Trinajstić information content (AvgIpc) is 3.16. The molecule has 1 atom stereocenters. The van der Waals surface area contributed by atoms with Gasteiger partial charge in [-0.15, -0.1) is 35.3 Å². The minimum absolute atomic E-state index is 0. The molecule has 150 valence electrons. The molecule has 5 nitrogen and oxygen atoms in total. The number of nitrogens with zero attached hydrogens (tertiary/aromatic N) is 3. The molecular weight excluding hydrogens is 483 g/mol. The number of ether oxygens (including phenoxy) is 1. The number of benzene rings is 2. The van der Waals surface area contributed by atoms with Gasteiger partial charge in [-0.2, -0.15) is 0 Å². The number of aromatic nitrogens is 1. The molecule has 0 amide bonds. The first-order chi connectivity index (χ1) is 13.1. The van der Waals surface area contributed by atoms with E-state index < -0.39 is 0 Å². The summed E-state index contributed by atoms with van der Waals surface area (Å²) in [5.41, 5.74) is 2.25. The van der Waals surface area contributed by atoms with Crippen molar-refractivity contribution < 1.29 is 4.74 Å². The summed E-state index contributed by atoms with van der Waals surface area (Å²) in [7, 11) is 5.53. The Labute approximate surface area is 187 Å². The van der Waals surface area contributed by atoms with Crippen LogP contribution in [0.3, 0.4) is 0 Å². The van der Waals surface area contributed by atoms with Gasteiger partial charge in [0.25, 0.3) is 0 Å². The predicted molar refractivity (Wildman–Crippen MR) is 129 cm³/mol. The molecule has 7 heteroatoms. The van der Waals surface area contributed by atoms with Gasteiger partial charge in [0.05, 0.1) is 12.2 Å². The molecule has 2 aromatic carbocycles. The Hall–Kier alpha value is -1.71. The number of rotatable bonds is 6. The van der Waals surface area contributed by atoms with E-state index in [0.717, 1.165) is 23.2 Å². The van der Waals surface area contributed by atoms with Crippen molar-refractivity contribution in [1.82, 2.24) is 15.2 Å². The number of thiazole rings is 1. The van der Waals surface area contributed by atoms with Gasteiger partial charge < -0.3 is 15.0 Å². The monoisotopic (exact) mass is 510 g/mol. The van der Waals surface area contributed by atoms with E-state index >= 15 is 0 Å². The van der Waals surface area contributed by atoms with Crippen LogP contribution >= 0.6 is 35.3 Å². The number of halogens is 1. The molecular formula is C21H27IN4OS. The van der Waals surface area contributed by atoms with Crippen LogP contribution in [0.1, 0.15) is 29.3 Å². The summed E-state index contributed by atoms with van der Waals surface area (Å²) < 4.78 is 5.34. The van der Waals surface area contributed by atoms with Crippen molar-refractivity contribution in [2.75, 3.05) is 21.2 Å². The fraction of sp³-hybridized carbons (Fsp3) is 0.333. The molecule has 1 N–H and O–H groups in total. The smallest absolute Gasteiger partial charge is 0.194 e. The first kappa shape index (κ1) is 22.6. The Bertz CT molecular complexity index is 927. The van der Waals surface area contributed by atoms with Gasteiger partial charge in [0.15, 0.2) is 5.96 Å². The van der Waals surface area contributed by atoms with Crippen LogP contribution in [0, 0.1) is 0 Å². The van der Waals surface area contributed by atoms with Crippen LogP contribution in [0.5, 0.6) is 0 Å².